The van der Waals surface area contributed by atoms with Crippen LogP contribution in [0.15, 0.2) is 72.2 Å². The second-order valence-corrected chi connectivity index (χ2v) is 9.33. The normalized spacial score (nSPS) is 17.6. The fourth-order valence-corrected chi connectivity index (χ4v) is 5.04. The van der Waals surface area contributed by atoms with E-state index < -0.39 is 12.0 Å². The number of allylic oxidation sites excluding steroid dienone is 1. The van der Waals surface area contributed by atoms with E-state index in [1.54, 1.807) is 16.5 Å². The monoisotopic (exact) mass is 500 g/mol. The Morgan fingerprint density at radius 3 is 2.35 bits per heavy atom. The molecule has 5 rings (SSSR count). The minimum Gasteiger partial charge on any atom is -0.463 e. The average molecular weight is 501 g/mol. The van der Waals surface area contributed by atoms with E-state index in [0.717, 1.165) is 24.2 Å². The van der Waals surface area contributed by atoms with Gasteiger partial charge in [-0.1, -0.05) is 48.0 Å². The van der Waals surface area contributed by atoms with E-state index in [1.165, 1.54) is 12.0 Å². The quantitative estimate of drug-likeness (QED) is 0.481. The molecule has 1 aromatic heterocycles. The van der Waals surface area contributed by atoms with Gasteiger partial charge in [0.25, 0.3) is 0 Å². The highest BCUT2D eigenvalue weighted by Crippen LogP contribution is 2.38. The molecule has 9 nitrogen and oxygen atoms in total. The Balaban J connectivity index is 1.40. The molecule has 2 aliphatic rings. The first-order valence-electron chi connectivity index (χ1n) is 12.7. The van der Waals surface area contributed by atoms with Crippen LogP contribution in [0.2, 0.25) is 0 Å². The molecule has 0 unspecified atom stereocenters. The number of ether oxygens (including phenoxy) is 1. The van der Waals surface area contributed by atoms with Crippen molar-refractivity contribution in [2.24, 2.45) is 0 Å². The third-order valence-electron chi connectivity index (χ3n) is 7.04. The number of piperazine rings is 1. The summed E-state index contributed by atoms with van der Waals surface area (Å²) in [5.41, 5.74) is 4.31. The zero-order chi connectivity index (χ0) is 25.9. The fourth-order valence-electron chi connectivity index (χ4n) is 5.04. The second kappa shape index (κ2) is 10.5. The number of aromatic nitrogens is 3. The van der Waals surface area contributed by atoms with E-state index in [4.69, 9.17) is 4.74 Å². The van der Waals surface area contributed by atoms with Crippen LogP contribution in [0.4, 0.5) is 11.6 Å². The zero-order valence-electron chi connectivity index (χ0n) is 21.5. The number of hydrogen-bond acceptors (Lipinski definition) is 7. The number of nitrogens with zero attached hydrogens (tertiary/aromatic N) is 6. The molecule has 2 aliphatic heterocycles. The van der Waals surface area contributed by atoms with E-state index in [1.807, 2.05) is 61.2 Å². The van der Waals surface area contributed by atoms with Crippen molar-refractivity contribution in [2.45, 2.75) is 26.8 Å². The Kier molecular flexibility index (Phi) is 6.94. The number of benzene rings is 2. The van der Waals surface area contributed by atoms with Gasteiger partial charge in [0, 0.05) is 37.6 Å². The Bertz CT molecular complexity index is 1290. The van der Waals surface area contributed by atoms with Crippen molar-refractivity contribution in [3.8, 4) is 0 Å². The summed E-state index contributed by atoms with van der Waals surface area (Å²) in [7, 11) is 0. The summed E-state index contributed by atoms with van der Waals surface area (Å²) < 4.78 is 7.17. The summed E-state index contributed by atoms with van der Waals surface area (Å²) in [5, 5.41) is 4.47. The van der Waals surface area contributed by atoms with Crippen LogP contribution >= 0.6 is 0 Å². The number of fused-ring (bicyclic) bond motifs is 1. The number of para-hydroxylation sites is 1. The predicted molar refractivity (Wildman–Crippen MR) is 141 cm³/mol. The lowest BCUT2D eigenvalue weighted by atomic mass is 9.94. The summed E-state index contributed by atoms with van der Waals surface area (Å²) in [6.07, 6.45) is 1.47. The van der Waals surface area contributed by atoms with Crippen LogP contribution in [-0.4, -0.2) is 70.9 Å². The van der Waals surface area contributed by atoms with Crippen LogP contribution in [0.5, 0.6) is 0 Å². The Morgan fingerprint density at radius 2 is 1.68 bits per heavy atom. The van der Waals surface area contributed by atoms with Gasteiger partial charge in [-0.15, -0.1) is 0 Å². The maximum absolute atomic E-state index is 13.4. The summed E-state index contributed by atoms with van der Waals surface area (Å²) >= 11 is 0. The van der Waals surface area contributed by atoms with Gasteiger partial charge < -0.3 is 19.4 Å². The summed E-state index contributed by atoms with van der Waals surface area (Å²) in [6.45, 7) is 8.79. The van der Waals surface area contributed by atoms with Gasteiger partial charge in [-0.05, 0) is 38.5 Å². The molecule has 0 bridgehead atoms. The SMILES string of the molecule is CCOC(=O)C1=C(C)N(CC(=O)N2CCN(c3ccccc3)CC2)c2ncnn2[C@H]1c1ccc(C)cc1. The van der Waals surface area contributed by atoms with Crippen LogP contribution in [0.25, 0.3) is 0 Å². The highest BCUT2D eigenvalue weighted by Gasteiger charge is 2.39. The molecule has 1 fully saturated rings. The zero-order valence-corrected chi connectivity index (χ0v) is 21.5. The lowest BCUT2D eigenvalue weighted by Crippen LogP contribution is -2.52. The van der Waals surface area contributed by atoms with Crippen molar-refractivity contribution >= 4 is 23.5 Å². The maximum Gasteiger partial charge on any atom is 0.338 e. The van der Waals surface area contributed by atoms with Crippen LogP contribution in [0, 0.1) is 6.92 Å². The molecule has 0 N–H and O–H groups in total. The van der Waals surface area contributed by atoms with Gasteiger partial charge in [0.05, 0.1) is 12.2 Å². The van der Waals surface area contributed by atoms with Crippen molar-refractivity contribution in [1.29, 1.82) is 0 Å². The van der Waals surface area contributed by atoms with E-state index in [2.05, 4.69) is 27.1 Å². The largest absolute Gasteiger partial charge is 0.463 e. The molecule has 37 heavy (non-hydrogen) atoms. The molecular weight excluding hydrogens is 468 g/mol. The van der Waals surface area contributed by atoms with E-state index in [9.17, 15) is 9.59 Å². The Morgan fingerprint density at radius 1 is 0.973 bits per heavy atom. The average Bonchev–Trinajstić information content (AvgIpc) is 3.41. The number of carbonyl (C=O) groups excluding carboxylic acids is 2. The van der Waals surface area contributed by atoms with E-state index in [-0.39, 0.29) is 19.1 Å². The molecular formula is C28H32N6O3. The van der Waals surface area contributed by atoms with Crippen molar-refractivity contribution < 1.29 is 14.3 Å². The lowest BCUT2D eigenvalue weighted by molar-refractivity contribution is -0.139. The molecule has 9 heteroatoms. The number of amides is 1. The molecule has 0 radical (unpaired) electrons. The molecule has 1 saturated heterocycles. The number of aryl methyl sites for hydroxylation is 1. The van der Waals surface area contributed by atoms with Crippen molar-refractivity contribution in [1.82, 2.24) is 19.7 Å². The van der Waals surface area contributed by atoms with Crippen molar-refractivity contribution in [2.75, 3.05) is 49.1 Å². The molecule has 192 valence electrons. The highest BCUT2D eigenvalue weighted by atomic mass is 16.5. The van der Waals surface area contributed by atoms with Crippen molar-refractivity contribution in [3.63, 3.8) is 0 Å². The summed E-state index contributed by atoms with van der Waals surface area (Å²) in [6, 6.07) is 17.8. The molecule has 1 atom stereocenters. The molecule has 1 amide bonds. The smallest absolute Gasteiger partial charge is 0.338 e. The molecule has 0 aliphatic carbocycles. The van der Waals surface area contributed by atoms with Crippen LogP contribution in [-0.2, 0) is 14.3 Å². The first-order chi connectivity index (χ1) is 18.0. The maximum atomic E-state index is 13.4. The first-order valence-corrected chi connectivity index (χ1v) is 12.7. The molecule has 0 spiro atoms. The topological polar surface area (TPSA) is 83.8 Å². The van der Waals surface area contributed by atoms with E-state index >= 15 is 0 Å². The standard InChI is InChI=1S/C28H32N6O3/c1-4-37-27(36)25-21(3)33(28-29-19-30-34(28)26(25)22-12-10-20(2)11-13-22)18-24(35)32-16-14-31(15-17-32)23-8-6-5-7-9-23/h5-13,19,26H,4,14-18H2,1-3H3/t26-/m0/s1. The summed E-state index contributed by atoms with van der Waals surface area (Å²) in [5.74, 6) is 0.103. The lowest BCUT2D eigenvalue weighted by Gasteiger charge is -2.39. The second-order valence-electron chi connectivity index (χ2n) is 9.33. The molecule has 0 saturated carbocycles. The van der Waals surface area contributed by atoms with Gasteiger partial charge in [0.1, 0.15) is 18.9 Å². The minimum absolute atomic E-state index is 0.0152. The van der Waals surface area contributed by atoms with Gasteiger partial charge in [0.2, 0.25) is 11.9 Å². The van der Waals surface area contributed by atoms with Crippen LogP contribution in [0.3, 0.4) is 0 Å². The number of carbonyl (C=O) groups is 2. The highest BCUT2D eigenvalue weighted by molar-refractivity contribution is 5.93. The number of hydrogen-bond donors (Lipinski definition) is 0. The summed E-state index contributed by atoms with van der Waals surface area (Å²) in [4.78, 5) is 37.1. The van der Waals surface area contributed by atoms with Gasteiger partial charge in [-0.25, -0.2) is 9.48 Å². The fraction of sp³-hybridized carbons (Fsp3) is 0.357. The van der Waals surface area contributed by atoms with Crippen LogP contribution in [0.1, 0.15) is 31.0 Å². The van der Waals surface area contributed by atoms with Gasteiger partial charge in [-0.2, -0.15) is 10.1 Å². The molecule has 3 heterocycles. The third kappa shape index (κ3) is 4.81. The first kappa shape index (κ1) is 24.5. The third-order valence-corrected chi connectivity index (χ3v) is 7.04. The number of anilines is 2. The van der Waals surface area contributed by atoms with E-state index in [0.29, 0.717) is 30.3 Å². The number of rotatable bonds is 6. The Labute approximate surface area is 216 Å². The van der Waals surface area contributed by atoms with Gasteiger partial charge in [-0.3, -0.25) is 4.79 Å². The predicted octanol–water partition coefficient (Wildman–Crippen LogP) is 3.18. The molecule has 3 aromatic rings. The number of esters is 1. The van der Waals surface area contributed by atoms with Gasteiger partial charge in [0.15, 0.2) is 0 Å². The molecule has 2 aromatic carbocycles. The Hall–Kier alpha value is -4.14. The van der Waals surface area contributed by atoms with Crippen molar-refractivity contribution in [3.05, 3.63) is 83.3 Å². The van der Waals surface area contributed by atoms with Crippen LogP contribution < -0.4 is 9.80 Å². The minimum atomic E-state index is -0.488. The van der Waals surface area contributed by atoms with Gasteiger partial charge >= 0.3 is 5.97 Å².